The standard InChI is InChI=1S/C21H26ClFN4O3/c1-13-9-14(2)27(25-13)8-7-20(28)24-15-10-19(21(29)30-3)26(11-15)12-16-17(22)5-4-6-18(16)23/h4-6,9,15,19H,7-8,10-12H2,1-3H3,(H,24,28)/t15-,19+/m1/s1. The third-order valence-corrected chi connectivity index (χ3v) is 5.67. The monoisotopic (exact) mass is 436 g/mol. The van der Waals surface area contributed by atoms with Crippen molar-refractivity contribution in [1.82, 2.24) is 20.0 Å². The molecule has 1 aromatic heterocycles. The molecule has 1 amide bonds. The van der Waals surface area contributed by atoms with Gasteiger partial charge in [-0.3, -0.25) is 19.2 Å². The fourth-order valence-corrected chi connectivity index (χ4v) is 4.08. The zero-order valence-electron chi connectivity index (χ0n) is 17.3. The number of likely N-dealkylation sites (tertiary alicyclic amines) is 1. The van der Waals surface area contributed by atoms with Crippen LogP contribution in [0, 0.1) is 19.7 Å². The summed E-state index contributed by atoms with van der Waals surface area (Å²) in [6.07, 6.45) is 0.672. The van der Waals surface area contributed by atoms with Crippen LogP contribution in [-0.4, -0.2) is 52.3 Å². The molecule has 0 aliphatic carbocycles. The van der Waals surface area contributed by atoms with Crippen LogP contribution in [0.4, 0.5) is 4.39 Å². The Bertz CT molecular complexity index is 913. The van der Waals surface area contributed by atoms with E-state index in [2.05, 4.69) is 10.4 Å². The van der Waals surface area contributed by atoms with Gasteiger partial charge in [0.1, 0.15) is 11.9 Å². The zero-order chi connectivity index (χ0) is 21.8. The summed E-state index contributed by atoms with van der Waals surface area (Å²) in [4.78, 5) is 26.5. The van der Waals surface area contributed by atoms with E-state index in [1.807, 2.05) is 19.9 Å². The molecule has 1 saturated heterocycles. The first-order valence-corrected chi connectivity index (χ1v) is 10.2. The number of methoxy groups -OCH3 is 1. The summed E-state index contributed by atoms with van der Waals surface area (Å²) in [6.45, 7) is 4.89. The quantitative estimate of drug-likeness (QED) is 0.675. The maximum atomic E-state index is 14.2. The number of carbonyl (C=O) groups is 2. The molecule has 0 spiro atoms. The van der Waals surface area contributed by atoms with Crippen LogP contribution < -0.4 is 5.32 Å². The van der Waals surface area contributed by atoms with Crippen LogP contribution in [0.15, 0.2) is 24.3 Å². The van der Waals surface area contributed by atoms with Crippen molar-refractivity contribution in [3.05, 3.63) is 52.1 Å². The Balaban J connectivity index is 1.63. The second kappa shape index (κ2) is 9.57. The molecule has 30 heavy (non-hydrogen) atoms. The lowest BCUT2D eigenvalue weighted by atomic mass is 10.1. The second-order valence-corrected chi connectivity index (χ2v) is 7.98. The molecule has 2 atom stereocenters. The lowest BCUT2D eigenvalue weighted by Crippen LogP contribution is -2.38. The number of ether oxygens (including phenoxy) is 1. The molecule has 3 rings (SSSR count). The van der Waals surface area contributed by atoms with Gasteiger partial charge in [-0.15, -0.1) is 0 Å². The van der Waals surface area contributed by atoms with Crippen molar-refractivity contribution in [3.8, 4) is 0 Å². The Kier molecular flexibility index (Phi) is 7.10. The number of amides is 1. The average Bonchev–Trinajstić information content (AvgIpc) is 3.24. The van der Waals surface area contributed by atoms with Crippen LogP contribution in [-0.2, 0) is 27.4 Å². The fraction of sp³-hybridized carbons (Fsp3) is 0.476. The lowest BCUT2D eigenvalue weighted by Gasteiger charge is -2.23. The van der Waals surface area contributed by atoms with E-state index in [0.29, 0.717) is 30.1 Å². The molecule has 9 heteroatoms. The molecule has 1 N–H and O–H groups in total. The number of nitrogens with zero attached hydrogens (tertiary/aromatic N) is 3. The highest BCUT2D eigenvalue weighted by atomic mass is 35.5. The van der Waals surface area contributed by atoms with E-state index < -0.39 is 17.8 Å². The highest BCUT2D eigenvalue weighted by Gasteiger charge is 2.38. The average molecular weight is 437 g/mol. The summed E-state index contributed by atoms with van der Waals surface area (Å²) < 4.78 is 20.9. The van der Waals surface area contributed by atoms with E-state index in [4.69, 9.17) is 16.3 Å². The Hall–Kier alpha value is -2.45. The maximum Gasteiger partial charge on any atom is 0.323 e. The van der Waals surface area contributed by atoms with Gasteiger partial charge in [-0.05, 0) is 38.5 Å². The van der Waals surface area contributed by atoms with Crippen LogP contribution in [0.3, 0.4) is 0 Å². The number of carbonyl (C=O) groups excluding carboxylic acids is 2. The van der Waals surface area contributed by atoms with Gasteiger partial charge in [0.2, 0.25) is 5.91 Å². The van der Waals surface area contributed by atoms with Crippen molar-refractivity contribution in [2.45, 2.75) is 51.9 Å². The van der Waals surface area contributed by atoms with Gasteiger partial charge in [-0.1, -0.05) is 17.7 Å². The number of halogens is 2. The molecule has 1 aliphatic rings. The molecule has 1 fully saturated rings. The SMILES string of the molecule is COC(=O)[C@@H]1C[C@@H](NC(=O)CCn2nc(C)cc2C)CN1Cc1c(F)cccc1Cl. The minimum atomic E-state index is -0.577. The first-order chi connectivity index (χ1) is 14.3. The fourth-order valence-electron chi connectivity index (χ4n) is 3.86. The minimum Gasteiger partial charge on any atom is -0.468 e. The third-order valence-electron chi connectivity index (χ3n) is 5.32. The first-order valence-electron chi connectivity index (χ1n) is 9.83. The van der Waals surface area contributed by atoms with Gasteiger partial charge >= 0.3 is 5.97 Å². The molecule has 0 radical (unpaired) electrons. The predicted molar refractivity (Wildman–Crippen MR) is 110 cm³/mol. The summed E-state index contributed by atoms with van der Waals surface area (Å²) in [5.74, 6) is -0.965. The van der Waals surface area contributed by atoms with E-state index in [-0.39, 0.29) is 24.9 Å². The highest BCUT2D eigenvalue weighted by Crippen LogP contribution is 2.26. The van der Waals surface area contributed by atoms with Crippen LogP contribution in [0.1, 0.15) is 29.8 Å². The number of aryl methyl sites for hydroxylation is 3. The summed E-state index contributed by atoms with van der Waals surface area (Å²) in [5, 5.41) is 7.63. The van der Waals surface area contributed by atoms with Gasteiger partial charge in [0.15, 0.2) is 0 Å². The number of hydrogen-bond acceptors (Lipinski definition) is 5. The van der Waals surface area contributed by atoms with Gasteiger partial charge in [-0.2, -0.15) is 5.10 Å². The first kappa shape index (κ1) is 22.2. The van der Waals surface area contributed by atoms with Crippen LogP contribution in [0.5, 0.6) is 0 Å². The second-order valence-electron chi connectivity index (χ2n) is 7.57. The summed E-state index contributed by atoms with van der Waals surface area (Å²) >= 11 is 6.14. The number of aromatic nitrogens is 2. The molecular weight excluding hydrogens is 411 g/mol. The smallest absolute Gasteiger partial charge is 0.323 e. The Labute approximate surface area is 180 Å². The topological polar surface area (TPSA) is 76.5 Å². The van der Waals surface area contributed by atoms with Crippen molar-refractivity contribution in [2.75, 3.05) is 13.7 Å². The maximum absolute atomic E-state index is 14.2. The molecule has 0 unspecified atom stereocenters. The van der Waals surface area contributed by atoms with Crippen LogP contribution in [0.2, 0.25) is 5.02 Å². The number of esters is 1. The number of nitrogens with one attached hydrogen (secondary N) is 1. The summed E-state index contributed by atoms with van der Waals surface area (Å²) in [5.41, 5.74) is 2.23. The number of rotatable bonds is 7. The Morgan fingerprint density at radius 1 is 1.37 bits per heavy atom. The lowest BCUT2D eigenvalue weighted by molar-refractivity contribution is -0.146. The number of benzene rings is 1. The van der Waals surface area contributed by atoms with E-state index in [9.17, 15) is 14.0 Å². The van der Waals surface area contributed by atoms with E-state index in [1.54, 1.807) is 15.6 Å². The molecule has 1 aromatic carbocycles. The van der Waals surface area contributed by atoms with E-state index >= 15 is 0 Å². The highest BCUT2D eigenvalue weighted by molar-refractivity contribution is 6.31. The van der Waals surface area contributed by atoms with Gasteiger partial charge in [-0.25, -0.2) is 4.39 Å². The molecule has 0 saturated carbocycles. The van der Waals surface area contributed by atoms with Crippen LogP contribution in [0.25, 0.3) is 0 Å². The minimum absolute atomic E-state index is 0.123. The third kappa shape index (κ3) is 5.17. The summed E-state index contributed by atoms with van der Waals surface area (Å²) in [6, 6.07) is 5.63. The van der Waals surface area contributed by atoms with Gasteiger partial charge in [0.05, 0.1) is 12.8 Å². The molecule has 2 heterocycles. The van der Waals surface area contributed by atoms with Gasteiger partial charge in [0, 0.05) is 48.4 Å². The molecule has 1 aliphatic heterocycles. The molecule has 7 nitrogen and oxygen atoms in total. The van der Waals surface area contributed by atoms with Crippen molar-refractivity contribution >= 4 is 23.5 Å². The van der Waals surface area contributed by atoms with Gasteiger partial charge in [0.25, 0.3) is 0 Å². The molecule has 0 bridgehead atoms. The summed E-state index contributed by atoms with van der Waals surface area (Å²) in [7, 11) is 1.32. The van der Waals surface area contributed by atoms with Crippen LogP contribution >= 0.6 is 11.6 Å². The van der Waals surface area contributed by atoms with Gasteiger partial charge < -0.3 is 10.1 Å². The zero-order valence-corrected chi connectivity index (χ0v) is 18.1. The Morgan fingerprint density at radius 2 is 2.13 bits per heavy atom. The Morgan fingerprint density at radius 3 is 2.77 bits per heavy atom. The van der Waals surface area contributed by atoms with Crippen molar-refractivity contribution in [1.29, 1.82) is 0 Å². The van der Waals surface area contributed by atoms with E-state index in [1.165, 1.54) is 19.2 Å². The van der Waals surface area contributed by atoms with E-state index in [0.717, 1.165) is 11.4 Å². The largest absolute Gasteiger partial charge is 0.468 e. The normalized spacial score (nSPS) is 19.1. The molecule has 2 aromatic rings. The van der Waals surface area contributed by atoms with Crippen molar-refractivity contribution in [3.63, 3.8) is 0 Å². The molecule has 162 valence electrons. The van der Waals surface area contributed by atoms with Crippen molar-refractivity contribution < 1.29 is 18.7 Å². The molecular formula is C21H26ClFN4O3. The van der Waals surface area contributed by atoms with Crippen molar-refractivity contribution in [2.24, 2.45) is 0 Å². The predicted octanol–water partition coefficient (Wildman–Crippen LogP) is 2.61. The number of hydrogen-bond donors (Lipinski definition) is 1.